The fourth-order valence-electron chi connectivity index (χ4n) is 3.83. The van der Waals surface area contributed by atoms with Gasteiger partial charge in [0.1, 0.15) is 17.5 Å². The van der Waals surface area contributed by atoms with E-state index in [1.54, 1.807) is 38.4 Å². The molecule has 0 aliphatic carbocycles. The average molecular weight is 476 g/mol. The standard InChI is InChI=1S/C24H29N9O2/c1-15-13-26-23(27-16-5-8-19(25-14-16)33-11-9-32(4)10-12-33)31-20(15)28-18-7-6-17-21(29-18)30-22(34)24(2,3)35-17/h5-8,13-14H,9-12H2,1-4H3,(H3,26,27,28,29,30,31,34). The van der Waals surface area contributed by atoms with E-state index in [4.69, 9.17) is 4.74 Å². The van der Waals surface area contributed by atoms with E-state index >= 15 is 0 Å². The molecule has 5 heterocycles. The number of aryl methyl sites for hydroxylation is 1. The largest absolute Gasteiger partial charge is 0.474 e. The van der Waals surface area contributed by atoms with Crippen LogP contribution in [-0.2, 0) is 4.79 Å². The second kappa shape index (κ2) is 8.99. The summed E-state index contributed by atoms with van der Waals surface area (Å²) in [7, 11) is 2.14. The highest BCUT2D eigenvalue weighted by Crippen LogP contribution is 2.33. The van der Waals surface area contributed by atoms with Gasteiger partial charge >= 0.3 is 0 Å². The fourth-order valence-corrected chi connectivity index (χ4v) is 3.83. The van der Waals surface area contributed by atoms with Crippen LogP contribution in [0.15, 0.2) is 36.7 Å². The minimum Gasteiger partial charge on any atom is -0.474 e. The van der Waals surface area contributed by atoms with Gasteiger partial charge < -0.3 is 30.5 Å². The zero-order valence-electron chi connectivity index (χ0n) is 20.3. The molecule has 3 aromatic rings. The van der Waals surface area contributed by atoms with Crippen molar-refractivity contribution >= 4 is 40.8 Å². The first kappa shape index (κ1) is 22.8. The van der Waals surface area contributed by atoms with E-state index in [-0.39, 0.29) is 5.91 Å². The van der Waals surface area contributed by atoms with Gasteiger partial charge in [-0.3, -0.25) is 4.79 Å². The maximum Gasteiger partial charge on any atom is 0.269 e. The van der Waals surface area contributed by atoms with Gasteiger partial charge in [0.05, 0.1) is 11.9 Å². The first-order chi connectivity index (χ1) is 16.8. The number of hydrogen-bond donors (Lipinski definition) is 3. The van der Waals surface area contributed by atoms with Gasteiger partial charge in [-0.1, -0.05) is 0 Å². The van der Waals surface area contributed by atoms with Crippen LogP contribution >= 0.6 is 0 Å². The van der Waals surface area contributed by atoms with Gasteiger partial charge in [0.25, 0.3) is 5.91 Å². The smallest absolute Gasteiger partial charge is 0.269 e. The number of rotatable bonds is 5. The van der Waals surface area contributed by atoms with Gasteiger partial charge in [0.2, 0.25) is 5.95 Å². The molecule has 3 N–H and O–H groups in total. The Kier molecular flexibility index (Phi) is 5.85. The molecule has 2 aliphatic rings. The molecule has 0 saturated carbocycles. The Morgan fingerprint density at radius 2 is 1.80 bits per heavy atom. The number of hydrogen-bond acceptors (Lipinski definition) is 10. The van der Waals surface area contributed by atoms with E-state index in [2.05, 4.69) is 52.7 Å². The molecule has 0 aromatic carbocycles. The summed E-state index contributed by atoms with van der Waals surface area (Å²) < 4.78 is 5.75. The highest BCUT2D eigenvalue weighted by Gasteiger charge is 2.36. The molecule has 35 heavy (non-hydrogen) atoms. The van der Waals surface area contributed by atoms with Crippen molar-refractivity contribution in [2.24, 2.45) is 0 Å². The lowest BCUT2D eigenvalue weighted by molar-refractivity contribution is -0.129. The topological polar surface area (TPSA) is 120 Å². The van der Waals surface area contributed by atoms with Crippen molar-refractivity contribution in [2.75, 3.05) is 54.1 Å². The molecule has 1 amide bonds. The Morgan fingerprint density at radius 1 is 1.00 bits per heavy atom. The number of likely N-dealkylation sites (N-methyl/N-ethyl adjacent to an activating group) is 1. The molecule has 0 bridgehead atoms. The molecule has 1 fully saturated rings. The Hall–Kier alpha value is -3.99. The molecule has 0 spiro atoms. The highest BCUT2D eigenvalue weighted by atomic mass is 16.5. The highest BCUT2D eigenvalue weighted by molar-refractivity contribution is 5.99. The van der Waals surface area contributed by atoms with Gasteiger partial charge in [0.15, 0.2) is 17.2 Å². The quantitative estimate of drug-likeness (QED) is 0.508. The average Bonchev–Trinajstić information content (AvgIpc) is 2.83. The summed E-state index contributed by atoms with van der Waals surface area (Å²) >= 11 is 0. The SMILES string of the molecule is Cc1cnc(Nc2ccc(N3CCN(C)CC3)nc2)nc1Nc1ccc2c(n1)NC(=O)C(C)(C)O2. The molecule has 5 rings (SSSR count). The third-order valence-electron chi connectivity index (χ3n) is 6.05. The molecule has 3 aromatic heterocycles. The third kappa shape index (κ3) is 4.94. The van der Waals surface area contributed by atoms with Gasteiger partial charge in [0, 0.05) is 37.9 Å². The van der Waals surface area contributed by atoms with Crippen LogP contribution in [0.3, 0.4) is 0 Å². The number of amides is 1. The van der Waals surface area contributed by atoms with Crippen molar-refractivity contribution in [3.05, 3.63) is 42.2 Å². The summed E-state index contributed by atoms with van der Waals surface area (Å²) in [6.45, 7) is 9.34. The second-order valence-corrected chi connectivity index (χ2v) is 9.28. The normalized spacial score (nSPS) is 17.3. The fraction of sp³-hybridized carbons (Fsp3) is 0.375. The van der Waals surface area contributed by atoms with E-state index in [1.807, 2.05) is 19.1 Å². The number of anilines is 6. The van der Waals surface area contributed by atoms with Crippen LogP contribution in [0.1, 0.15) is 19.4 Å². The summed E-state index contributed by atoms with van der Waals surface area (Å²) in [5.74, 6) is 3.17. The first-order valence-corrected chi connectivity index (χ1v) is 11.6. The number of pyridine rings is 2. The number of nitrogens with one attached hydrogen (secondary N) is 3. The zero-order valence-corrected chi connectivity index (χ0v) is 20.3. The van der Waals surface area contributed by atoms with E-state index < -0.39 is 5.60 Å². The molecule has 0 atom stereocenters. The van der Waals surface area contributed by atoms with Crippen LogP contribution in [0.5, 0.6) is 5.75 Å². The molecule has 0 unspecified atom stereocenters. The van der Waals surface area contributed by atoms with Crippen LogP contribution in [0.4, 0.5) is 34.9 Å². The molecule has 1 saturated heterocycles. The maximum atomic E-state index is 12.2. The summed E-state index contributed by atoms with van der Waals surface area (Å²) in [4.78, 5) is 34.9. The molecule has 11 nitrogen and oxygen atoms in total. The lowest BCUT2D eigenvalue weighted by Gasteiger charge is -2.33. The van der Waals surface area contributed by atoms with E-state index in [0.717, 1.165) is 43.2 Å². The maximum absolute atomic E-state index is 12.2. The number of nitrogens with zero attached hydrogens (tertiary/aromatic N) is 6. The van der Waals surface area contributed by atoms with Gasteiger partial charge in [-0.05, 0) is 52.1 Å². The number of piperazine rings is 1. The minimum absolute atomic E-state index is 0.244. The molecule has 11 heteroatoms. The zero-order chi connectivity index (χ0) is 24.6. The Balaban J connectivity index is 1.28. The summed E-state index contributed by atoms with van der Waals surface area (Å²) in [6, 6.07) is 7.54. The van der Waals surface area contributed by atoms with Crippen molar-refractivity contribution < 1.29 is 9.53 Å². The van der Waals surface area contributed by atoms with Crippen LogP contribution in [0.25, 0.3) is 0 Å². The molecular formula is C24H29N9O2. The van der Waals surface area contributed by atoms with E-state index in [0.29, 0.717) is 29.2 Å². The van der Waals surface area contributed by atoms with Crippen LogP contribution < -0.4 is 25.6 Å². The molecule has 2 aliphatic heterocycles. The predicted molar refractivity (Wildman–Crippen MR) is 135 cm³/mol. The van der Waals surface area contributed by atoms with Crippen molar-refractivity contribution in [3.8, 4) is 5.75 Å². The van der Waals surface area contributed by atoms with Crippen molar-refractivity contribution in [2.45, 2.75) is 26.4 Å². The Labute approximate surface area is 204 Å². The molecular weight excluding hydrogens is 446 g/mol. The minimum atomic E-state index is -0.939. The summed E-state index contributed by atoms with van der Waals surface area (Å²) in [6.07, 6.45) is 3.52. The number of aromatic nitrogens is 4. The van der Waals surface area contributed by atoms with Crippen LogP contribution in [-0.4, -0.2) is 69.6 Å². The van der Waals surface area contributed by atoms with Crippen molar-refractivity contribution in [1.29, 1.82) is 0 Å². The number of ether oxygens (including phenoxy) is 1. The number of carbonyl (C=O) groups excluding carboxylic acids is 1. The lowest BCUT2D eigenvalue weighted by atomic mass is 10.1. The first-order valence-electron chi connectivity index (χ1n) is 11.6. The second-order valence-electron chi connectivity index (χ2n) is 9.28. The Morgan fingerprint density at radius 3 is 2.54 bits per heavy atom. The van der Waals surface area contributed by atoms with Gasteiger partial charge in [-0.2, -0.15) is 4.98 Å². The van der Waals surface area contributed by atoms with Crippen LogP contribution in [0, 0.1) is 6.92 Å². The monoisotopic (exact) mass is 475 g/mol. The van der Waals surface area contributed by atoms with Crippen LogP contribution in [0.2, 0.25) is 0 Å². The number of carbonyl (C=O) groups is 1. The van der Waals surface area contributed by atoms with Crippen molar-refractivity contribution in [1.82, 2.24) is 24.8 Å². The predicted octanol–water partition coefficient (Wildman–Crippen LogP) is 2.92. The third-order valence-corrected chi connectivity index (χ3v) is 6.05. The van der Waals surface area contributed by atoms with Gasteiger partial charge in [-0.25, -0.2) is 15.0 Å². The Bertz CT molecular complexity index is 1240. The van der Waals surface area contributed by atoms with E-state index in [1.165, 1.54) is 0 Å². The molecule has 182 valence electrons. The summed E-state index contributed by atoms with van der Waals surface area (Å²) in [5.41, 5.74) is 0.706. The van der Waals surface area contributed by atoms with Crippen molar-refractivity contribution in [3.63, 3.8) is 0 Å². The lowest BCUT2D eigenvalue weighted by Crippen LogP contribution is -2.46. The molecule has 0 radical (unpaired) electrons. The van der Waals surface area contributed by atoms with E-state index in [9.17, 15) is 4.79 Å². The van der Waals surface area contributed by atoms with Gasteiger partial charge in [-0.15, -0.1) is 0 Å². The number of fused-ring (bicyclic) bond motifs is 1. The summed E-state index contributed by atoms with van der Waals surface area (Å²) in [5, 5.41) is 9.21.